The van der Waals surface area contributed by atoms with E-state index < -0.39 is 0 Å². The molecule has 0 spiro atoms. The van der Waals surface area contributed by atoms with Crippen molar-refractivity contribution in [2.75, 3.05) is 5.32 Å². The number of carbonyl (C=O) groups is 1. The number of hydrogen-bond acceptors (Lipinski definition) is 4. The van der Waals surface area contributed by atoms with Gasteiger partial charge in [-0.3, -0.25) is 9.67 Å². The Hall–Kier alpha value is -2.57. The van der Waals surface area contributed by atoms with Gasteiger partial charge in [-0.1, -0.05) is 0 Å². The number of urea groups is 1. The third kappa shape index (κ3) is 4.04. The second kappa shape index (κ2) is 6.90. The van der Waals surface area contributed by atoms with Crippen LogP contribution in [0.2, 0.25) is 0 Å². The molecule has 2 aromatic rings. The Morgan fingerprint density at radius 3 is 2.71 bits per heavy atom. The first-order chi connectivity index (χ1) is 11.5. The molecule has 7 heteroatoms. The van der Waals surface area contributed by atoms with Crippen molar-refractivity contribution in [3.8, 4) is 5.75 Å². The standard InChI is InChI=1S/C17H23N5O2/c1-11-7-13(8-12(2)19-11)20-17(23)21-15-5-4-6-16(15)24-14-9-18-22(3)10-14/h7-10,15-16H,4-6H2,1-3H3,(H2,19,20,21,23)/t15-,16+/m1/s1. The number of ether oxygens (including phenoxy) is 1. The summed E-state index contributed by atoms with van der Waals surface area (Å²) < 4.78 is 7.66. The maximum atomic E-state index is 12.3. The van der Waals surface area contributed by atoms with E-state index in [1.165, 1.54) is 0 Å². The van der Waals surface area contributed by atoms with E-state index in [0.717, 1.165) is 42.1 Å². The summed E-state index contributed by atoms with van der Waals surface area (Å²) in [6.45, 7) is 3.82. The number of aromatic nitrogens is 3. The lowest BCUT2D eigenvalue weighted by atomic mass is 10.2. The number of nitrogens with one attached hydrogen (secondary N) is 2. The zero-order valence-corrected chi connectivity index (χ0v) is 14.2. The molecule has 7 nitrogen and oxygen atoms in total. The predicted octanol–water partition coefficient (Wildman–Crippen LogP) is 2.55. The van der Waals surface area contributed by atoms with E-state index in [4.69, 9.17) is 4.74 Å². The van der Waals surface area contributed by atoms with Gasteiger partial charge in [0.2, 0.25) is 0 Å². The van der Waals surface area contributed by atoms with E-state index in [1.54, 1.807) is 10.9 Å². The third-order valence-electron chi connectivity index (χ3n) is 4.08. The molecular weight excluding hydrogens is 306 g/mol. The Labute approximate surface area is 141 Å². The van der Waals surface area contributed by atoms with Crippen LogP contribution in [0, 0.1) is 13.8 Å². The van der Waals surface area contributed by atoms with Gasteiger partial charge in [-0.2, -0.15) is 5.10 Å². The van der Waals surface area contributed by atoms with Gasteiger partial charge in [-0.25, -0.2) is 4.79 Å². The van der Waals surface area contributed by atoms with Crippen molar-refractivity contribution in [2.24, 2.45) is 7.05 Å². The molecule has 0 aromatic carbocycles. The molecule has 2 aromatic heterocycles. The van der Waals surface area contributed by atoms with E-state index in [1.807, 2.05) is 39.2 Å². The molecule has 1 fully saturated rings. The highest BCUT2D eigenvalue weighted by molar-refractivity contribution is 5.89. The number of anilines is 1. The van der Waals surface area contributed by atoms with Crippen molar-refractivity contribution in [1.29, 1.82) is 0 Å². The molecule has 3 rings (SSSR count). The maximum Gasteiger partial charge on any atom is 0.319 e. The number of hydrogen-bond donors (Lipinski definition) is 2. The van der Waals surface area contributed by atoms with Gasteiger partial charge in [0.1, 0.15) is 6.10 Å². The smallest absolute Gasteiger partial charge is 0.319 e. The molecule has 0 radical (unpaired) electrons. The van der Waals surface area contributed by atoms with Gasteiger partial charge >= 0.3 is 6.03 Å². The highest BCUT2D eigenvalue weighted by Crippen LogP contribution is 2.24. The molecule has 2 N–H and O–H groups in total. The molecule has 1 saturated carbocycles. The molecule has 0 unspecified atom stereocenters. The molecular formula is C17H23N5O2. The van der Waals surface area contributed by atoms with E-state index >= 15 is 0 Å². The Bertz CT molecular complexity index is 707. The third-order valence-corrected chi connectivity index (χ3v) is 4.08. The number of carbonyl (C=O) groups excluding carboxylic acids is 1. The van der Waals surface area contributed by atoms with Gasteiger partial charge in [-0.05, 0) is 45.2 Å². The number of aryl methyl sites for hydroxylation is 3. The summed E-state index contributed by atoms with van der Waals surface area (Å²) in [6, 6.07) is 3.48. The van der Waals surface area contributed by atoms with Crippen molar-refractivity contribution in [3.05, 3.63) is 35.9 Å². The molecule has 1 aliphatic carbocycles. The fourth-order valence-electron chi connectivity index (χ4n) is 3.11. The van der Waals surface area contributed by atoms with E-state index in [9.17, 15) is 4.79 Å². The highest BCUT2D eigenvalue weighted by atomic mass is 16.5. The molecule has 0 bridgehead atoms. The molecule has 0 saturated heterocycles. The first kappa shape index (κ1) is 16.3. The Morgan fingerprint density at radius 1 is 1.29 bits per heavy atom. The van der Waals surface area contributed by atoms with Crippen LogP contribution in [0.3, 0.4) is 0 Å². The lowest BCUT2D eigenvalue weighted by Crippen LogP contribution is -2.44. The molecule has 1 aliphatic rings. The first-order valence-electron chi connectivity index (χ1n) is 8.18. The first-order valence-corrected chi connectivity index (χ1v) is 8.18. The second-order valence-electron chi connectivity index (χ2n) is 6.28. The van der Waals surface area contributed by atoms with Crippen molar-refractivity contribution in [1.82, 2.24) is 20.1 Å². The van der Waals surface area contributed by atoms with Crippen molar-refractivity contribution >= 4 is 11.7 Å². The Kier molecular flexibility index (Phi) is 4.69. The van der Waals surface area contributed by atoms with Crippen LogP contribution in [-0.4, -0.2) is 32.9 Å². The second-order valence-corrected chi connectivity index (χ2v) is 6.28. The minimum atomic E-state index is -0.216. The van der Waals surface area contributed by atoms with Gasteiger partial charge < -0.3 is 15.4 Å². The normalized spacial score (nSPS) is 20.0. The Morgan fingerprint density at radius 2 is 2.04 bits per heavy atom. The summed E-state index contributed by atoms with van der Waals surface area (Å²) in [4.78, 5) is 16.6. The van der Waals surface area contributed by atoms with Crippen LogP contribution in [0.1, 0.15) is 30.7 Å². The SMILES string of the molecule is Cc1cc(NC(=O)N[C@@H]2CCC[C@@H]2Oc2cnn(C)c2)cc(C)n1. The fourth-order valence-corrected chi connectivity index (χ4v) is 3.11. The van der Waals surface area contributed by atoms with Crippen LogP contribution in [0.4, 0.5) is 10.5 Å². The van der Waals surface area contributed by atoms with Gasteiger partial charge in [0.15, 0.2) is 5.75 Å². The zero-order valence-electron chi connectivity index (χ0n) is 14.2. The molecule has 24 heavy (non-hydrogen) atoms. The largest absolute Gasteiger partial charge is 0.485 e. The lowest BCUT2D eigenvalue weighted by Gasteiger charge is -2.21. The summed E-state index contributed by atoms with van der Waals surface area (Å²) in [6.07, 6.45) is 6.36. The van der Waals surface area contributed by atoms with Crippen molar-refractivity contribution < 1.29 is 9.53 Å². The van der Waals surface area contributed by atoms with E-state index in [2.05, 4.69) is 20.7 Å². The maximum absolute atomic E-state index is 12.3. The summed E-state index contributed by atoms with van der Waals surface area (Å²) in [5.74, 6) is 0.733. The number of rotatable bonds is 4. The molecule has 0 aliphatic heterocycles. The summed E-state index contributed by atoms with van der Waals surface area (Å²) in [7, 11) is 1.85. The van der Waals surface area contributed by atoms with Crippen LogP contribution < -0.4 is 15.4 Å². The topological polar surface area (TPSA) is 81.1 Å². The minimum absolute atomic E-state index is 0.00534. The average Bonchev–Trinajstić information content (AvgIpc) is 3.08. The number of pyridine rings is 1. The van der Waals surface area contributed by atoms with Crippen molar-refractivity contribution in [3.63, 3.8) is 0 Å². The van der Waals surface area contributed by atoms with Gasteiger partial charge in [0.25, 0.3) is 0 Å². The monoisotopic (exact) mass is 329 g/mol. The summed E-state index contributed by atoms with van der Waals surface area (Å²) in [5, 5.41) is 10.0. The minimum Gasteiger partial charge on any atom is -0.485 e. The number of nitrogens with zero attached hydrogens (tertiary/aromatic N) is 3. The van der Waals surface area contributed by atoms with Gasteiger partial charge in [0.05, 0.1) is 18.4 Å². The van der Waals surface area contributed by atoms with Crippen LogP contribution >= 0.6 is 0 Å². The summed E-state index contributed by atoms with van der Waals surface area (Å²) >= 11 is 0. The van der Waals surface area contributed by atoms with Gasteiger partial charge in [-0.15, -0.1) is 0 Å². The van der Waals surface area contributed by atoms with Gasteiger partial charge in [0, 0.05) is 24.1 Å². The average molecular weight is 329 g/mol. The molecule has 2 amide bonds. The van der Waals surface area contributed by atoms with Crippen LogP contribution in [-0.2, 0) is 7.05 Å². The molecule has 2 heterocycles. The summed E-state index contributed by atoms with van der Waals surface area (Å²) in [5.41, 5.74) is 2.51. The number of amides is 2. The van der Waals surface area contributed by atoms with Crippen LogP contribution in [0.15, 0.2) is 24.5 Å². The van der Waals surface area contributed by atoms with Crippen molar-refractivity contribution in [2.45, 2.75) is 45.3 Å². The van der Waals surface area contributed by atoms with E-state index in [0.29, 0.717) is 0 Å². The fraction of sp³-hybridized carbons (Fsp3) is 0.471. The van der Waals surface area contributed by atoms with E-state index in [-0.39, 0.29) is 18.2 Å². The quantitative estimate of drug-likeness (QED) is 0.903. The molecule has 128 valence electrons. The lowest BCUT2D eigenvalue weighted by molar-refractivity contribution is 0.175. The predicted molar refractivity (Wildman–Crippen MR) is 91.1 cm³/mol. The zero-order chi connectivity index (χ0) is 17.1. The Balaban J connectivity index is 1.58. The van der Waals surface area contributed by atoms with Crippen LogP contribution in [0.25, 0.3) is 0 Å². The molecule has 2 atom stereocenters. The van der Waals surface area contributed by atoms with Crippen LogP contribution in [0.5, 0.6) is 5.75 Å². The highest BCUT2D eigenvalue weighted by Gasteiger charge is 2.30.